The van der Waals surface area contributed by atoms with Crippen molar-refractivity contribution in [3.63, 3.8) is 0 Å². The second-order valence-electron chi connectivity index (χ2n) is 3.31. The van der Waals surface area contributed by atoms with E-state index in [1.807, 2.05) is 11.3 Å². The first-order chi connectivity index (χ1) is 6.84. The van der Waals surface area contributed by atoms with Crippen LogP contribution in [0.5, 0.6) is 0 Å². The van der Waals surface area contributed by atoms with Crippen molar-refractivity contribution in [2.45, 2.75) is 0 Å². The molecular weight excluding hydrogens is 204 g/mol. The molecule has 65 valence electrons. The number of rotatable bonds is 0. The summed E-state index contributed by atoms with van der Waals surface area (Å²) in [6, 6.07) is 15.0. The molecule has 0 atom stereocenters. The lowest BCUT2D eigenvalue weighted by molar-refractivity contribution is 1.86. The molecule has 0 nitrogen and oxygen atoms in total. The first kappa shape index (κ1) is 8.21. The summed E-state index contributed by atoms with van der Waals surface area (Å²) in [6.45, 7) is 0. The zero-order chi connectivity index (χ0) is 9.54. The van der Waals surface area contributed by atoms with Crippen LogP contribution >= 0.6 is 11.3 Å². The molecule has 0 spiro atoms. The topological polar surface area (TPSA) is 0 Å². The Labute approximate surface area is 89.6 Å². The molecule has 14 heavy (non-hydrogen) atoms. The molecule has 0 N–H and O–H groups in total. The van der Waals surface area contributed by atoms with Crippen LogP contribution in [0.2, 0.25) is 0 Å². The molecular formula is C12H7SSi. The average molecular weight is 211 g/mol. The molecule has 0 amide bonds. The molecule has 0 aliphatic heterocycles. The van der Waals surface area contributed by atoms with Crippen LogP contribution in [0.4, 0.5) is 0 Å². The summed E-state index contributed by atoms with van der Waals surface area (Å²) in [4.78, 5) is 0. The Bertz CT molecular complexity index is 610. The Kier molecular flexibility index (Phi) is 1.72. The van der Waals surface area contributed by atoms with Crippen LogP contribution in [0, 0.1) is 0 Å². The molecule has 0 saturated carbocycles. The molecule has 0 saturated heterocycles. The van der Waals surface area contributed by atoms with Gasteiger partial charge in [0.15, 0.2) is 0 Å². The lowest BCUT2D eigenvalue weighted by Crippen LogP contribution is -1.98. The quantitative estimate of drug-likeness (QED) is 0.502. The fraction of sp³-hybridized carbons (Fsp3) is 0. The Balaban J connectivity index is 2.58. The van der Waals surface area contributed by atoms with E-state index in [9.17, 15) is 0 Å². The molecule has 3 aromatic rings. The van der Waals surface area contributed by atoms with Gasteiger partial charge in [-0.25, -0.2) is 0 Å². The minimum atomic E-state index is 1.14. The van der Waals surface area contributed by atoms with Gasteiger partial charge in [-0.05, 0) is 12.1 Å². The fourth-order valence-electron chi connectivity index (χ4n) is 1.73. The Morgan fingerprint density at radius 3 is 2.57 bits per heavy atom. The van der Waals surface area contributed by atoms with E-state index in [0.717, 1.165) is 5.19 Å². The maximum Gasteiger partial charge on any atom is 0.0712 e. The van der Waals surface area contributed by atoms with Gasteiger partial charge in [0.05, 0.1) is 10.2 Å². The molecule has 1 aromatic heterocycles. The van der Waals surface area contributed by atoms with Crippen molar-refractivity contribution < 1.29 is 0 Å². The standard InChI is InChI=1S/C12H7SSi/c14-8-5-6-12-10(7-8)9-3-1-2-4-11(9)13-12/h1-7H. The van der Waals surface area contributed by atoms with Crippen molar-refractivity contribution in [1.82, 2.24) is 0 Å². The predicted octanol–water partition coefficient (Wildman–Crippen LogP) is 2.85. The summed E-state index contributed by atoms with van der Waals surface area (Å²) in [6.07, 6.45) is 0. The summed E-state index contributed by atoms with van der Waals surface area (Å²) in [5.41, 5.74) is 0. The zero-order valence-corrected chi connectivity index (χ0v) is 9.27. The maximum atomic E-state index is 3.56. The minimum absolute atomic E-state index is 1.14. The number of hydrogen-bond acceptors (Lipinski definition) is 1. The third-order valence-corrected chi connectivity index (χ3v) is 3.84. The van der Waals surface area contributed by atoms with Crippen molar-refractivity contribution in [2.24, 2.45) is 0 Å². The van der Waals surface area contributed by atoms with Gasteiger partial charge in [-0.2, -0.15) is 0 Å². The van der Waals surface area contributed by atoms with Crippen LogP contribution in [-0.4, -0.2) is 10.2 Å². The van der Waals surface area contributed by atoms with Crippen molar-refractivity contribution in [2.75, 3.05) is 0 Å². The Morgan fingerprint density at radius 2 is 1.64 bits per heavy atom. The van der Waals surface area contributed by atoms with Gasteiger partial charge in [-0.1, -0.05) is 35.5 Å². The number of benzene rings is 2. The second kappa shape index (κ2) is 2.94. The highest BCUT2D eigenvalue weighted by Crippen LogP contribution is 2.32. The third kappa shape index (κ3) is 1.11. The minimum Gasteiger partial charge on any atom is -0.135 e. The van der Waals surface area contributed by atoms with Crippen molar-refractivity contribution in [1.29, 1.82) is 0 Å². The van der Waals surface area contributed by atoms with E-state index in [1.165, 1.54) is 20.2 Å². The molecule has 0 bridgehead atoms. The van der Waals surface area contributed by atoms with Crippen LogP contribution in [0.25, 0.3) is 20.2 Å². The maximum absolute atomic E-state index is 3.56. The molecule has 3 rings (SSSR count). The number of thiophene rings is 1. The van der Waals surface area contributed by atoms with Crippen LogP contribution in [0.1, 0.15) is 0 Å². The molecule has 0 unspecified atom stereocenters. The van der Waals surface area contributed by atoms with Crippen molar-refractivity contribution in [3.05, 3.63) is 42.5 Å². The molecule has 2 heteroatoms. The van der Waals surface area contributed by atoms with Gasteiger partial charge in [0.1, 0.15) is 0 Å². The zero-order valence-electron chi connectivity index (χ0n) is 7.45. The van der Waals surface area contributed by atoms with Crippen LogP contribution < -0.4 is 5.19 Å². The molecule has 0 aliphatic carbocycles. The van der Waals surface area contributed by atoms with E-state index in [4.69, 9.17) is 0 Å². The highest BCUT2D eigenvalue weighted by atomic mass is 32.1. The second-order valence-corrected chi connectivity index (χ2v) is 4.97. The highest BCUT2D eigenvalue weighted by molar-refractivity contribution is 7.25. The van der Waals surface area contributed by atoms with Gasteiger partial charge in [0.25, 0.3) is 0 Å². The fourth-order valence-corrected chi connectivity index (χ4v) is 3.04. The summed E-state index contributed by atoms with van der Waals surface area (Å²) in [7, 11) is 3.56. The van der Waals surface area contributed by atoms with Gasteiger partial charge in [0.2, 0.25) is 0 Å². The average Bonchev–Trinajstić information content (AvgIpc) is 2.56. The van der Waals surface area contributed by atoms with Crippen LogP contribution in [0.15, 0.2) is 42.5 Å². The SMILES string of the molecule is [Si]c1ccc2sc3ccccc3c2c1. The number of fused-ring (bicyclic) bond motifs is 3. The first-order valence-corrected chi connectivity index (χ1v) is 5.79. The van der Waals surface area contributed by atoms with Gasteiger partial charge >= 0.3 is 0 Å². The Morgan fingerprint density at radius 1 is 0.857 bits per heavy atom. The number of hydrogen-bond donors (Lipinski definition) is 0. The monoisotopic (exact) mass is 211 g/mol. The van der Waals surface area contributed by atoms with Crippen molar-refractivity contribution in [3.8, 4) is 0 Å². The summed E-state index contributed by atoms with van der Waals surface area (Å²) in [5, 5.41) is 3.84. The van der Waals surface area contributed by atoms with E-state index in [-0.39, 0.29) is 0 Å². The van der Waals surface area contributed by atoms with Gasteiger partial charge in [-0.15, -0.1) is 11.3 Å². The highest BCUT2D eigenvalue weighted by Gasteiger charge is 2.02. The normalized spacial score (nSPS) is 11.2. The first-order valence-electron chi connectivity index (χ1n) is 4.47. The van der Waals surface area contributed by atoms with E-state index in [0.29, 0.717) is 0 Å². The van der Waals surface area contributed by atoms with Crippen LogP contribution in [0.3, 0.4) is 0 Å². The molecule has 1 heterocycles. The van der Waals surface area contributed by atoms with Gasteiger partial charge in [0, 0.05) is 20.2 Å². The lowest BCUT2D eigenvalue weighted by atomic mass is 10.1. The Hall–Kier alpha value is -1.12. The van der Waals surface area contributed by atoms with Gasteiger partial charge in [-0.3, -0.25) is 0 Å². The predicted molar refractivity (Wildman–Crippen MR) is 64.7 cm³/mol. The lowest BCUT2D eigenvalue weighted by Gasteiger charge is -1.92. The summed E-state index contributed by atoms with van der Waals surface area (Å²) >= 11 is 1.85. The van der Waals surface area contributed by atoms with E-state index < -0.39 is 0 Å². The summed E-state index contributed by atoms with van der Waals surface area (Å²) < 4.78 is 2.72. The van der Waals surface area contributed by atoms with E-state index >= 15 is 0 Å². The smallest absolute Gasteiger partial charge is 0.0712 e. The molecule has 2 aromatic carbocycles. The summed E-state index contributed by atoms with van der Waals surface area (Å²) in [5.74, 6) is 0. The molecule has 0 aliphatic rings. The van der Waals surface area contributed by atoms with Crippen LogP contribution in [-0.2, 0) is 0 Å². The van der Waals surface area contributed by atoms with Gasteiger partial charge < -0.3 is 0 Å². The largest absolute Gasteiger partial charge is 0.135 e. The van der Waals surface area contributed by atoms with E-state index in [2.05, 4.69) is 52.7 Å². The van der Waals surface area contributed by atoms with E-state index in [1.54, 1.807) is 0 Å². The van der Waals surface area contributed by atoms with Crippen molar-refractivity contribution >= 4 is 46.9 Å². The third-order valence-electron chi connectivity index (χ3n) is 2.38. The molecule has 0 fully saturated rings. The molecule has 3 radical (unpaired) electrons.